The summed E-state index contributed by atoms with van der Waals surface area (Å²) in [5.74, 6) is 6.00. The number of sulfonamides is 1. The van der Waals surface area contributed by atoms with Crippen molar-refractivity contribution in [2.75, 3.05) is 144 Å². The number of carbonyl (C=O) groups excluding carboxylic acids is 1. The summed E-state index contributed by atoms with van der Waals surface area (Å²) in [4.78, 5) is 25.6. The average molecular weight is 910 g/mol. The third kappa shape index (κ3) is 23.6. The summed E-state index contributed by atoms with van der Waals surface area (Å²) >= 11 is 4.85. The topological polar surface area (TPSA) is 103 Å². The summed E-state index contributed by atoms with van der Waals surface area (Å²) in [6.45, 7) is 51.3. The standard InChI is InChI=1S/C12H24N2O.C11H24N2O2S.C11H24N2.C10H22N2.BClHOP/c1-5-13(6-2)8-12-9-14(11(4)15)7-10(12)3;1-5-12(6-2)8-11-9-13(7-10(11)3)16(4,14)15;1-5-13(6-2)9-11-8-12(4)7-10(11)3;1-4-12(5-2)8-10-7-11-6-9(10)3;2-4-1-3/h10,12H,5-9H2,1-4H3;10-11H,5-9H2,1-4H3;10-11H,5-9H2,1-4H3;9-11H,4-8H2,1-3H3;4H. The molecule has 1 N–H and O–H groups in total. The van der Waals surface area contributed by atoms with E-state index >= 15 is 0 Å². The van der Waals surface area contributed by atoms with Crippen molar-refractivity contribution in [3.8, 4) is 0 Å². The zero-order valence-corrected chi connectivity index (χ0v) is 44.0. The van der Waals surface area contributed by atoms with Gasteiger partial charge >= 0.3 is 30.6 Å². The number of carbonyl (C=O) groups is 1. The number of amides is 1. The van der Waals surface area contributed by atoms with Crippen LogP contribution in [0.1, 0.15) is 90.0 Å². The van der Waals surface area contributed by atoms with Gasteiger partial charge in [0.05, 0.1) is 6.26 Å². The molecule has 9 atom stereocenters. The summed E-state index contributed by atoms with van der Waals surface area (Å²) in [5.41, 5.74) is 0. The van der Waals surface area contributed by atoms with Gasteiger partial charge in [0.25, 0.3) is 0 Å². The third-order valence-electron chi connectivity index (χ3n) is 13.6. The fourth-order valence-electron chi connectivity index (χ4n) is 8.92. The predicted octanol–water partition coefficient (Wildman–Crippen LogP) is 5.79. The van der Waals surface area contributed by atoms with E-state index in [1.165, 1.54) is 71.7 Å². The Balaban J connectivity index is 0.000000754. The van der Waals surface area contributed by atoms with E-state index in [4.69, 9.17) is 15.9 Å². The molecule has 12 nitrogen and oxygen atoms in total. The number of rotatable bonds is 18. The Kier molecular flexibility index (Phi) is 33.1. The number of nitrogens with one attached hydrogen (secondary N) is 1. The second-order valence-corrected chi connectivity index (χ2v) is 21.1. The normalized spacial score (nSPS) is 27.1. The third-order valence-corrected chi connectivity index (χ3v) is 15.2. The van der Waals surface area contributed by atoms with Crippen LogP contribution >= 0.6 is 19.1 Å². The van der Waals surface area contributed by atoms with Crippen molar-refractivity contribution in [2.45, 2.75) is 90.0 Å². The summed E-state index contributed by atoms with van der Waals surface area (Å²) < 4.78 is 33.6. The molecule has 0 aromatic rings. The van der Waals surface area contributed by atoms with Crippen LogP contribution in [0, 0.1) is 47.3 Å². The van der Waals surface area contributed by atoms with E-state index in [0.29, 0.717) is 43.6 Å². The van der Waals surface area contributed by atoms with Crippen LogP contribution in [0.2, 0.25) is 0 Å². The first kappa shape index (κ1) is 59.7. The first-order valence-corrected chi connectivity index (χ1v) is 27.5. The summed E-state index contributed by atoms with van der Waals surface area (Å²) in [6.07, 6.45) is 1.31. The fourth-order valence-corrected chi connectivity index (χ4v) is 9.89. The first-order valence-electron chi connectivity index (χ1n) is 23.6. The van der Waals surface area contributed by atoms with Crippen molar-refractivity contribution in [1.29, 1.82) is 0 Å². The monoisotopic (exact) mass is 909 g/mol. The number of likely N-dealkylation sites (tertiary alicyclic amines) is 2. The zero-order valence-electron chi connectivity index (χ0n) is 41.4. The van der Waals surface area contributed by atoms with Crippen molar-refractivity contribution >= 4 is 41.9 Å². The van der Waals surface area contributed by atoms with Crippen molar-refractivity contribution in [3.05, 3.63) is 0 Å². The minimum absolute atomic E-state index is 0.0679. The number of nitrogens with zero attached hydrogens (tertiary/aromatic N) is 7. The molecular formula is C44H95BClN8O4PS. The van der Waals surface area contributed by atoms with Gasteiger partial charge in [-0.05, 0) is 120 Å². The Labute approximate surface area is 378 Å². The molecule has 9 unspecified atom stereocenters. The van der Waals surface area contributed by atoms with Crippen LogP contribution in [0.5, 0.6) is 0 Å². The van der Waals surface area contributed by atoms with Gasteiger partial charge < -0.3 is 34.7 Å². The van der Waals surface area contributed by atoms with Gasteiger partial charge in [0.15, 0.2) is 0 Å². The number of halogens is 1. The van der Waals surface area contributed by atoms with E-state index in [0.717, 1.165) is 76.0 Å². The van der Waals surface area contributed by atoms with Crippen LogP contribution in [-0.4, -0.2) is 199 Å². The molecule has 4 rings (SSSR count). The molecule has 4 heterocycles. The second kappa shape index (κ2) is 33.2. The maximum atomic E-state index is 11.5. The molecule has 4 fully saturated rings. The van der Waals surface area contributed by atoms with Gasteiger partial charge in [-0.25, -0.2) is 12.7 Å². The van der Waals surface area contributed by atoms with E-state index in [1.807, 2.05) is 4.90 Å². The van der Waals surface area contributed by atoms with Crippen LogP contribution in [-0.2, 0) is 19.5 Å². The van der Waals surface area contributed by atoms with Crippen LogP contribution in [0.3, 0.4) is 0 Å². The van der Waals surface area contributed by atoms with Gasteiger partial charge in [-0.2, -0.15) is 0 Å². The first-order chi connectivity index (χ1) is 28.3. The molecule has 0 aromatic carbocycles. The summed E-state index contributed by atoms with van der Waals surface area (Å²) in [7, 11) is -0.836. The Hall–Kier alpha value is -0.275. The SMILES string of the molecule is CCN(CC)CC1CN(C(C)=O)CC1C.CCN(CC)CC1CN(C)CC1C.CCN(CC)CC1CN(S(C)(=O)=O)CC1C.CCN(CC)CC1CNCC1C.O=BPCl. The van der Waals surface area contributed by atoms with E-state index in [9.17, 15) is 13.2 Å². The zero-order chi connectivity index (χ0) is 46.0. The molecule has 0 aliphatic carbocycles. The molecule has 4 saturated heterocycles. The quantitative estimate of drug-likeness (QED) is 0.134. The van der Waals surface area contributed by atoms with Crippen LogP contribution in [0.4, 0.5) is 0 Å². The molecule has 1 amide bonds. The van der Waals surface area contributed by atoms with Gasteiger partial charge in [0.2, 0.25) is 15.9 Å². The van der Waals surface area contributed by atoms with Crippen LogP contribution in [0.15, 0.2) is 0 Å². The Bertz CT molecular complexity index is 1220. The molecular weight excluding hydrogens is 814 g/mol. The fraction of sp³-hybridized carbons (Fsp3) is 0.977. The van der Waals surface area contributed by atoms with E-state index in [-0.39, 0.29) is 13.7 Å². The van der Waals surface area contributed by atoms with Crippen LogP contribution in [0.25, 0.3) is 0 Å². The molecule has 60 heavy (non-hydrogen) atoms. The van der Waals surface area contributed by atoms with Crippen molar-refractivity contribution in [2.24, 2.45) is 47.3 Å². The number of hydrogen-bond donors (Lipinski definition) is 1. The molecule has 0 saturated carbocycles. The van der Waals surface area contributed by atoms with Gasteiger partial charge in [-0.15, -0.1) is 0 Å². The van der Waals surface area contributed by atoms with E-state index in [2.05, 4.69) is 120 Å². The van der Waals surface area contributed by atoms with Crippen LogP contribution < -0.4 is 5.32 Å². The Morgan fingerprint density at radius 3 is 1.27 bits per heavy atom. The molecule has 0 radical (unpaired) electrons. The van der Waals surface area contributed by atoms with Gasteiger partial charge in [0, 0.05) is 72.4 Å². The molecule has 0 aromatic heterocycles. The maximum absolute atomic E-state index is 11.5. The van der Waals surface area contributed by atoms with Gasteiger partial charge in [-0.3, -0.25) is 4.79 Å². The molecule has 356 valence electrons. The molecule has 4 aliphatic rings. The second-order valence-electron chi connectivity index (χ2n) is 18.0. The Morgan fingerprint density at radius 2 is 0.983 bits per heavy atom. The van der Waals surface area contributed by atoms with E-state index in [1.54, 1.807) is 11.2 Å². The molecule has 0 spiro atoms. The van der Waals surface area contributed by atoms with Gasteiger partial charge in [-0.1, -0.05) is 83.1 Å². The van der Waals surface area contributed by atoms with Crippen molar-refractivity contribution in [3.63, 3.8) is 0 Å². The average Bonchev–Trinajstić information content (AvgIpc) is 4.00. The Morgan fingerprint density at radius 1 is 0.617 bits per heavy atom. The summed E-state index contributed by atoms with van der Waals surface area (Å²) in [6, 6.07) is 0. The predicted molar refractivity (Wildman–Crippen MR) is 261 cm³/mol. The number of hydrogen-bond acceptors (Lipinski definition) is 10. The van der Waals surface area contributed by atoms with Gasteiger partial charge in [0.1, 0.15) is 0 Å². The van der Waals surface area contributed by atoms with Crippen molar-refractivity contribution in [1.82, 2.24) is 39.0 Å². The molecule has 0 bridgehead atoms. The van der Waals surface area contributed by atoms with E-state index < -0.39 is 10.0 Å². The van der Waals surface area contributed by atoms with Crippen molar-refractivity contribution < 1.29 is 17.9 Å². The minimum atomic E-state index is -3.00. The molecule has 4 aliphatic heterocycles. The molecule has 16 heteroatoms. The summed E-state index contributed by atoms with van der Waals surface area (Å²) in [5, 5.41) is 3.45.